The molecule has 4 atom stereocenters. The standard InChI is InChI=1S/C12H21NO4/c1-7-8(2)17-9(3)11(7)12(15)13(4)6-10(14)16-5/h7-9,11H,6H2,1-5H3. The Kier molecular flexibility index (Phi) is 4.51. The van der Waals surface area contributed by atoms with Crippen molar-refractivity contribution in [2.75, 3.05) is 20.7 Å². The van der Waals surface area contributed by atoms with E-state index < -0.39 is 5.97 Å². The summed E-state index contributed by atoms with van der Waals surface area (Å²) in [5.74, 6) is -0.481. The van der Waals surface area contributed by atoms with Gasteiger partial charge in [0.15, 0.2) is 0 Å². The molecular weight excluding hydrogens is 222 g/mol. The van der Waals surface area contributed by atoms with Gasteiger partial charge in [-0.05, 0) is 19.8 Å². The molecule has 0 aromatic rings. The van der Waals surface area contributed by atoms with Crippen LogP contribution in [0.5, 0.6) is 0 Å². The molecule has 5 nitrogen and oxygen atoms in total. The maximum absolute atomic E-state index is 12.2. The van der Waals surface area contributed by atoms with Crippen molar-refractivity contribution in [3.8, 4) is 0 Å². The van der Waals surface area contributed by atoms with Crippen LogP contribution in [-0.2, 0) is 19.1 Å². The molecule has 0 radical (unpaired) electrons. The minimum absolute atomic E-state index is 0.0142. The van der Waals surface area contributed by atoms with Gasteiger partial charge in [0.25, 0.3) is 0 Å². The summed E-state index contributed by atoms with van der Waals surface area (Å²) in [5, 5.41) is 0. The van der Waals surface area contributed by atoms with Crippen molar-refractivity contribution in [3.63, 3.8) is 0 Å². The Bertz CT molecular complexity index is 305. The van der Waals surface area contributed by atoms with Crippen molar-refractivity contribution in [1.82, 2.24) is 4.90 Å². The number of nitrogens with zero attached hydrogens (tertiary/aromatic N) is 1. The molecule has 1 rings (SSSR count). The van der Waals surface area contributed by atoms with Crippen molar-refractivity contribution < 1.29 is 19.1 Å². The third-order valence-corrected chi connectivity index (χ3v) is 3.50. The minimum atomic E-state index is -0.409. The number of carbonyl (C=O) groups excluding carboxylic acids is 2. The zero-order chi connectivity index (χ0) is 13.2. The van der Waals surface area contributed by atoms with Crippen LogP contribution in [0.4, 0.5) is 0 Å². The Labute approximate surface area is 102 Å². The highest BCUT2D eigenvalue weighted by molar-refractivity contribution is 5.84. The second-order valence-corrected chi connectivity index (χ2v) is 4.70. The fourth-order valence-corrected chi connectivity index (χ4v) is 2.28. The molecule has 4 unspecified atom stereocenters. The summed E-state index contributed by atoms with van der Waals surface area (Å²) in [7, 11) is 2.92. The van der Waals surface area contributed by atoms with E-state index in [-0.39, 0.29) is 36.5 Å². The number of ether oxygens (including phenoxy) is 2. The van der Waals surface area contributed by atoms with E-state index in [0.717, 1.165) is 0 Å². The van der Waals surface area contributed by atoms with Gasteiger partial charge in [-0.25, -0.2) is 0 Å². The SMILES string of the molecule is COC(=O)CN(C)C(=O)C1C(C)OC(C)C1C. The Morgan fingerprint density at radius 2 is 1.82 bits per heavy atom. The van der Waals surface area contributed by atoms with Crippen molar-refractivity contribution in [3.05, 3.63) is 0 Å². The molecular formula is C12H21NO4. The number of carbonyl (C=O) groups is 2. The number of esters is 1. The molecule has 0 aromatic carbocycles. The molecule has 0 spiro atoms. The van der Waals surface area contributed by atoms with E-state index in [2.05, 4.69) is 4.74 Å². The van der Waals surface area contributed by atoms with Gasteiger partial charge < -0.3 is 14.4 Å². The summed E-state index contributed by atoms with van der Waals surface area (Å²) in [6.07, 6.45) is -0.0296. The van der Waals surface area contributed by atoms with E-state index in [0.29, 0.717) is 0 Å². The van der Waals surface area contributed by atoms with Gasteiger partial charge in [-0.3, -0.25) is 9.59 Å². The minimum Gasteiger partial charge on any atom is -0.468 e. The normalized spacial score (nSPS) is 32.3. The Balaban J connectivity index is 2.66. The van der Waals surface area contributed by atoms with E-state index in [1.165, 1.54) is 12.0 Å². The molecule has 17 heavy (non-hydrogen) atoms. The molecule has 0 aromatic heterocycles. The molecule has 5 heteroatoms. The van der Waals surface area contributed by atoms with E-state index in [4.69, 9.17) is 4.74 Å². The topological polar surface area (TPSA) is 55.8 Å². The molecule has 1 amide bonds. The zero-order valence-electron chi connectivity index (χ0n) is 11.1. The molecule has 1 heterocycles. The number of hydrogen-bond donors (Lipinski definition) is 0. The molecule has 98 valence electrons. The highest BCUT2D eigenvalue weighted by Crippen LogP contribution is 2.33. The smallest absolute Gasteiger partial charge is 0.325 e. The first kappa shape index (κ1) is 14.0. The van der Waals surface area contributed by atoms with Crippen LogP contribution < -0.4 is 0 Å². The molecule has 1 fully saturated rings. The summed E-state index contributed by atoms with van der Waals surface area (Å²) >= 11 is 0. The lowest BCUT2D eigenvalue weighted by Gasteiger charge is -2.24. The lowest BCUT2D eigenvalue weighted by molar-refractivity contribution is -0.148. The number of hydrogen-bond acceptors (Lipinski definition) is 4. The molecule has 0 N–H and O–H groups in total. The van der Waals surface area contributed by atoms with E-state index in [9.17, 15) is 9.59 Å². The Morgan fingerprint density at radius 3 is 2.24 bits per heavy atom. The molecule has 1 aliphatic heterocycles. The van der Waals surface area contributed by atoms with Crippen LogP contribution in [0.3, 0.4) is 0 Å². The molecule has 0 bridgehead atoms. The quantitative estimate of drug-likeness (QED) is 0.684. The molecule has 0 saturated carbocycles. The molecule has 0 aliphatic carbocycles. The predicted molar refractivity (Wildman–Crippen MR) is 62.3 cm³/mol. The third kappa shape index (κ3) is 2.97. The molecule has 1 aliphatic rings. The number of methoxy groups -OCH3 is 1. The second-order valence-electron chi connectivity index (χ2n) is 4.70. The van der Waals surface area contributed by atoms with Crippen LogP contribution >= 0.6 is 0 Å². The van der Waals surface area contributed by atoms with Gasteiger partial charge in [-0.15, -0.1) is 0 Å². The highest BCUT2D eigenvalue weighted by Gasteiger charge is 2.42. The fraction of sp³-hybridized carbons (Fsp3) is 0.833. The van der Waals surface area contributed by atoms with Gasteiger partial charge in [0.2, 0.25) is 5.91 Å². The molecule has 1 saturated heterocycles. The van der Waals surface area contributed by atoms with Gasteiger partial charge in [-0.2, -0.15) is 0 Å². The van der Waals surface area contributed by atoms with Crippen molar-refractivity contribution >= 4 is 11.9 Å². The first-order chi connectivity index (χ1) is 7.88. The van der Waals surface area contributed by atoms with Gasteiger partial charge in [-0.1, -0.05) is 6.92 Å². The number of likely N-dealkylation sites (N-methyl/N-ethyl adjacent to an activating group) is 1. The summed E-state index contributed by atoms with van der Waals surface area (Å²) in [6.45, 7) is 5.85. The maximum Gasteiger partial charge on any atom is 0.325 e. The van der Waals surface area contributed by atoms with Crippen molar-refractivity contribution in [1.29, 1.82) is 0 Å². The van der Waals surface area contributed by atoms with Gasteiger partial charge in [0.05, 0.1) is 25.2 Å². The average molecular weight is 243 g/mol. The van der Waals surface area contributed by atoms with Crippen LogP contribution in [0, 0.1) is 11.8 Å². The monoisotopic (exact) mass is 243 g/mol. The van der Waals surface area contributed by atoms with E-state index in [1.807, 2.05) is 20.8 Å². The number of amides is 1. The third-order valence-electron chi connectivity index (χ3n) is 3.50. The second kappa shape index (κ2) is 5.49. The highest BCUT2D eigenvalue weighted by atomic mass is 16.5. The first-order valence-electron chi connectivity index (χ1n) is 5.85. The Hall–Kier alpha value is -1.10. The van der Waals surface area contributed by atoms with E-state index in [1.54, 1.807) is 7.05 Å². The van der Waals surface area contributed by atoms with Crippen LogP contribution in [-0.4, -0.2) is 49.7 Å². The van der Waals surface area contributed by atoms with Gasteiger partial charge >= 0.3 is 5.97 Å². The van der Waals surface area contributed by atoms with Crippen LogP contribution in [0.15, 0.2) is 0 Å². The summed E-state index contributed by atoms with van der Waals surface area (Å²) in [6, 6.07) is 0. The van der Waals surface area contributed by atoms with Crippen LogP contribution in [0.25, 0.3) is 0 Å². The van der Waals surface area contributed by atoms with Gasteiger partial charge in [0.1, 0.15) is 6.54 Å². The predicted octanol–water partition coefficient (Wildman–Crippen LogP) is 0.677. The fourth-order valence-electron chi connectivity index (χ4n) is 2.28. The lowest BCUT2D eigenvalue weighted by atomic mass is 9.88. The average Bonchev–Trinajstić information content (AvgIpc) is 2.52. The lowest BCUT2D eigenvalue weighted by Crippen LogP contribution is -2.41. The van der Waals surface area contributed by atoms with E-state index >= 15 is 0 Å². The summed E-state index contributed by atoms with van der Waals surface area (Å²) < 4.78 is 10.2. The van der Waals surface area contributed by atoms with Crippen molar-refractivity contribution in [2.45, 2.75) is 33.0 Å². The van der Waals surface area contributed by atoms with Crippen LogP contribution in [0.2, 0.25) is 0 Å². The summed E-state index contributed by atoms with van der Waals surface area (Å²) in [4.78, 5) is 24.7. The van der Waals surface area contributed by atoms with Crippen LogP contribution in [0.1, 0.15) is 20.8 Å². The summed E-state index contributed by atoms with van der Waals surface area (Å²) in [5.41, 5.74) is 0. The maximum atomic E-state index is 12.2. The Morgan fingerprint density at radius 1 is 1.24 bits per heavy atom. The van der Waals surface area contributed by atoms with Crippen molar-refractivity contribution in [2.24, 2.45) is 11.8 Å². The number of rotatable bonds is 3. The largest absolute Gasteiger partial charge is 0.468 e. The first-order valence-corrected chi connectivity index (χ1v) is 5.85. The van der Waals surface area contributed by atoms with Gasteiger partial charge in [0, 0.05) is 7.05 Å². The zero-order valence-corrected chi connectivity index (χ0v) is 11.1.